The molecule has 1 aromatic rings. The molecule has 3 nitrogen and oxygen atoms in total. The van der Waals surface area contributed by atoms with E-state index in [0.29, 0.717) is 6.54 Å². The molecule has 0 aliphatic rings. The van der Waals surface area contributed by atoms with Crippen molar-refractivity contribution < 1.29 is 9.90 Å². The highest BCUT2D eigenvalue weighted by Gasteiger charge is 2.06. The van der Waals surface area contributed by atoms with Crippen LogP contribution in [0.1, 0.15) is 24.5 Å². The van der Waals surface area contributed by atoms with E-state index in [1.54, 1.807) is 11.9 Å². The fraction of sp³-hybridized carbons (Fsp3) is 0.500. The Morgan fingerprint density at radius 1 is 1.18 bits per heavy atom. The van der Waals surface area contributed by atoms with Crippen LogP contribution in [0, 0.1) is 0 Å². The van der Waals surface area contributed by atoms with Gasteiger partial charge in [0.25, 0.3) is 0 Å². The Kier molecular flexibility index (Phi) is 5.70. The van der Waals surface area contributed by atoms with Crippen molar-refractivity contribution in [2.45, 2.75) is 26.2 Å². The quantitative estimate of drug-likeness (QED) is 0.814. The Balaban J connectivity index is 2.44. The molecular formula is C14H21NO2. The topological polar surface area (TPSA) is 40.5 Å². The number of rotatable bonds is 6. The van der Waals surface area contributed by atoms with E-state index < -0.39 is 6.61 Å². The zero-order chi connectivity index (χ0) is 12.7. The summed E-state index contributed by atoms with van der Waals surface area (Å²) in [5.41, 5.74) is 2.58. The number of aryl methyl sites for hydroxylation is 1. The van der Waals surface area contributed by atoms with Gasteiger partial charge in [-0.25, -0.2) is 0 Å². The fourth-order valence-corrected chi connectivity index (χ4v) is 1.70. The zero-order valence-corrected chi connectivity index (χ0v) is 10.6. The minimum atomic E-state index is -0.411. The maximum Gasteiger partial charge on any atom is 0.248 e. The molecule has 0 bridgehead atoms. The van der Waals surface area contributed by atoms with Crippen molar-refractivity contribution in [3.05, 3.63) is 35.4 Å². The molecule has 1 N–H and O–H groups in total. The molecule has 0 radical (unpaired) electrons. The first kappa shape index (κ1) is 13.7. The molecule has 0 atom stereocenters. The second kappa shape index (κ2) is 7.07. The number of aliphatic hydroxyl groups excluding tert-OH is 1. The Morgan fingerprint density at radius 3 is 2.18 bits per heavy atom. The number of carbonyl (C=O) groups excluding carboxylic acids is 1. The fourth-order valence-electron chi connectivity index (χ4n) is 1.70. The summed E-state index contributed by atoms with van der Waals surface area (Å²) >= 11 is 0. The number of benzene rings is 1. The van der Waals surface area contributed by atoms with Gasteiger partial charge in [0.1, 0.15) is 6.61 Å². The van der Waals surface area contributed by atoms with E-state index in [0.717, 1.165) is 19.3 Å². The molecule has 1 aromatic carbocycles. The monoisotopic (exact) mass is 235 g/mol. The Labute approximate surface area is 103 Å². The Morgan fingerprint density at radius 2 is 1.71 bits per heavy atom. The van der Waals surface area contributed by atoms with Gasteiger partial charge in [-0.05, 0) is 24.0 Å². The molecule has 0 aliphatic heterocycles. The first-order valence-corrected chi connectivity index (χ1v) is 6.10. The van der Waals surface area contributed by atoms with E-state index in [1.165, 1.54) is 11.1 Å². The molecule has 0 aliphatic carbocycles. The highest BCUT2D eigenvalue weighted by atomic mass is 16.3. The van der Waals surface area contributed by atoms with E-state index in [-0.39, 0.29) is 5.91 Å². The predicted octanol–water partition coefficient (Wildman–Crippen LogP) is 1.63. The van der Waals surface area contributed by atoms with E-state index in [1.807, 2.05) is 0 Å². The van der Waals surface area contributed by atoms with Gasteiger partial charge < -0.3 is 10.0 Å². The SMILES string of the molecule is CCCc1ccc(CCN(C)C(=O)CO)cc1. The number of hydrogen-bond acceptors (Lipinski definition) is 2. The van der Waals surface area contributed by atoms with Crippen molar-refractivity contribution in [3.8, 4) is 0 Å². The molecule has 0 saturated heterocycles. The van der Waals surface area contributed by atoms with Gasteiger partial charge in [-0.1, -0.05) is 37.6 Å². The van der Waals surface area contributed by atoms with Gasteiger partial charge in [0, 0.05) is 13.6 Å². The summed E-state index contributed by atoms with van der Waals surface area (Å²) in [7, 11) is 1.71. The molecule has 0 spiro atoms. The second-order valence-electron chi connectivity index (χ2n) is 4.29. The Bertz CT molecular complexity index is 346. The molecular weight excluding hydrogens is 214 g/mol. The van der Waals surface area contributed by atoms with Crippen LogP contribution in [-0.4, -0.2) is 36.1 Å². The normalized spacial score (nSPS) is 10.3. The number of hydrogen-bond donors (Lipinski definition) is 1. The van der Waals surface area contributed by atoms with Gasteiger partial charge in [-0.15, -0.1) is 0 Å². The summed E-state index contributed by atoms with van der Waals surface area (Å²) in [6, 6.07) is 8.52. The minimum Gasteiger partial charge on any atom is -0.387 e. The Hall–Kier alpha value is -1.35. The molecule has 94 valence electrons. The molecule has 0 unspecified atom stereocenters. The maximum atomic E-state index is 11.1. The van der Waals surface area contributed by atoms with Gasteiger partial charge in [0.15, 0.2) is 0 Å². The maximum absolute atomic E-state index is 11.1. The highest BCUT2D eigenvalue weighted by molar-refractivity contribution is 5.76. The van der Waals surface area contributed by atoms with Crippen LogP contribution in [0.2, 0.25) is 0 Å². The summed E-state index contributed by atoms with van der Waals surface area (Å²) in [6.45, 7) is 2.40. The van der Waals surface area contributed by atoms with Gasteiger partial charge in [0.05, 0.1) is 0 Å². The van der Waals surface area contributed by atoms with Crippen molar-refractivity contribution in [3.63, 3.8) is 0 Å². The van der Waals surface area contributed by atoms with E-state index in [9.17, 15) is 4.79 Å². The van der Waals surface area contributed by atoms with Gasteiger partial charge in [0.2, 0.25) is 5.91 Å². The number of aliphatic hydroxyl groups is 1. The van der Waals surface area contributed by atoms with Crippen LogP contribution in [-0.2, 0) is 17.6 Å². The van der Waals surface area contributed by atoms with Crippen LogP contribution in [0.5, 0.6) is 0 Å². The summed E-state index contributed by atoms with van der Waals surface area (Å²) in [6.07, 6.45) is 3.10. The number of nitrogens with zero attached hydrogens (tertiary/aromatic N) is 1. The van der Waals surface area contributed by atoms with E-state index in [4.69, 9.17) is 5.11 Å². The standard InChI is InChI=1S/C14H21NO2/c1-3-4-12-5-7-13(8-6-12)9-10-15(2)14(17)11-16/h5-8,16H,3-4,9-11H2,1-2H3. The molecule has 0 fully saturated rings. The van der Waals surface area contributed by atoms with Crippen molar-refractivity contribution in [2.24, 2.45) is 0 Å². The van der Waals surface area contributed by atoms with Crippen molar-refractivity contribution in [2.75, 3.05) is 20.2 Å². The van der Waals surface area contributed by atoms with Crippen LogP contribution >= 0.6 is 0 Å². The van der Waals surface area contributed by atoms with Crippen LogP contribution < -0.4 is 0 Å². The van der Waals surface area contributed by atoms with E-state index in [2.05, 4.69) is 31.2 Å². The van der Waals surface area contributed by atoms with Crippen LogP contribution in [0.3, 0.4) is 0 Å². The summed E-state index contributed by atoms with van der Waals surface area (Å²) in [5.74, 6) is -0.229. The molecule has 1 amide bonds. The van der Waals surface area contributed by atoms with Crippen LogP contribution in [0.25, 0.3) is 0 Å². The van der Waals surface area contributed by atoms with Crippen molar-refractivity contribution in [1.82, 2.24) is 4.90 Å². The first-order valence-electron chi connectivity index (χ1n) is 6.10. The lowest BCUT2D eigenvalue weighted by molar-refractivity contribution is -0.132. The van der Waals surface area contributed by atoms with Gasteiger partial charge in [-0.2, -0.15) is 0 Å². The average Bonchev–Trinajstić information content (AvgIpc) is 2.37. The summed E-state index contributed by atoms with van der Waals surface area (Å²) in [4.78, 5) is 12.7. The number of likely N-dealkylation sites (N-methyl/N-ethyl adjacent to an activating group) is 1. The molecule has 17 heavy (non-hydrogen) atoms. The third-order valence-corrected chi connectivity index (χ3v) is 2.86. The predicted molar refractivity (Wildman–Crippen MR) is 68.9 cm³/mol. The lowest BCUT2D eigenvalue weighted by Crippen LogP contribution is -2.31. The van der Waals surface area contributed by atoms with Crippen LogP contribution in [0.4, 0.5) is 0 Å². The minimum absolute atomic E-state index is 0.229. The lowest BCUT2D eigenvalue weighted by Gasteiger charge is -2.15. The van der Waals surface area contributed by atoms with Gasteiger partial charge >= 0.3 is 0 Å². The molecule has 0 heterocycles. The molecule has 0 aromatic heterocycles. The molecule has 3 heteroatoms. The van der Waals surface area contributed by atoms with Gasteiger partial charge in [-0.3, -0.25) is 4.79 Å². The third-order valence-electron chi connectivity index (χ3n) is 2.86. The lowest BCUT2D eigenvalue weighted by atomic mass is 10.1. The highest BCUT2D eigenvalue weighted by Crippen LogP contribution is 2.07. The largest absolute Gasteiger partial charge is 0.387 e. The summed E-state index contributed by atoms with van der Waals surface area (Å²) in [5, 5.41) is 8.71. The first-order chi connectivity index (χ1) is 8.17. The summed E-state index contributed by atoms with van der Waals surface area (Å²) < 4.78 is 0. The van der Waals surface area contributed by atoms with Crippen molar-refractivity contribution in [1.29, 1.82) is 0 Å². The average molecular weight is 235 g/mol. The number of carbonyl (C=O) groups is 1. The molecule has 0 saturated carbocycles. The van der Waals surface area contributed by atoms with Crippen molar-refractivity contribution >= 4 is 5.91 Å². The zero-order valence-electron chi connectivity index (χ0n) is 10.6. The molecule has 1 rings (SSSR count). The smallest absolute Gasteiger partial charge is 0.248 e. The van der Waals surface area contributed by atoms with Crippen LogP contribution in [0.15, 0.2) is 24.3 Å². The van der Waals surface area contributed by atoms with E-state index >= 15 is 0 Å². The third kappa shape index (κ3) is 4.57. The second-order valence-corrected chi connectivity index (χ2v) is 4.29. The number of amides is 1.